The summed E-state index contributed by atoms with van der Waals surface area (Å²) in [6, 6.07) is 7.49. The molecule has 0 spiro atoms. The largest absolute Gasteiger partial charge is 0.491 e. The fraction of sp³-hybridized carbons (Fsp3) is 0.429. The van der Waals surface area contributed by atoms with Crippen LogP contribution in [-0.2, 0) is 0 Å². The lowest BCUT2D eigenvalue weighted by molar-refractivity contribution is 0.105. The Hall–Kier alpha value is -1.02. The predicted molar refractivity (Wildman–Crippen MR) is 76.6 cm³/mol. The summed E-state index contributed by atoms with van der Waals surface area (Å²) in [5, 5.41) is 12.8. The third-order valence-electron chi connectivity index (χ3n) is 2.47. The van der Waals surface area contributed by atoms with E-state index in [1.54, 1.807) is 0 Å². The van der Waals surface area contributed by atoms with E-state index in [9.17, 15) is 5.11 Å². The maximum atomic E-state index is 9.74. The summed E-state index contributed by atoms with van der Waals surface area (Å²) in [6.07, 6.45) is 5.59. The van der Waals surface area contributed by atoms with Gasteiger partial charge >= 0.3 is 0 Å². The predicted octanol–water partition coefficient (Wildman–Crippen LogP) is 2.19. The van der Waals surface area contributed by atoms with E-state index >= 15 is 0 Å². The molecule has 0 amide bonds. The molecule has 1 aromatic rings. The van der Waals surface area contributed by atoms with Crippen molar-refractivity contribution in [1.29, 1.82) is 0 Å². The molecule has 0 saturated heterocycles. The van der Waals surface area contributed by atoms with Crippen LogP contribution in [0.4, 0.5) is 0 Å². The molecule has 0 radical (unpaired) electrons. The van der Waals surface area contributed by atoms with Gasteiger partial charge in [-0.15, -0.1) is 6.42 Å². The standard InChI is InChI=1S/C14H18BrNO2/c1-3-12(4-2)16-9-13(17)10-18-14-7-5-11(15)6-8-14/h1,5-8,12-13,16-17H,4,9-10H2,2H3. The van der Waals surface area contributed by atoms with Gasteiger partial charge in [0.05, 0.1) is 6.04 Å². The van der Waals surface area contributed by atoms with Crippen molar-refractivity contribution in [2.45, 2.75) is 25.5 Å². The molecule has 0 aliphatic carbocycles. The molecule has 1 rings (SSSR count). The monoisotopic (exact) mass is 311 g/mol. The minimum absolute atomic E-state index is 0.00679. The van der Waals surface area contributed by atoms with Crippen LogP contribution in [0, 0.1) is 12.3 Å². The van der Waals surface area contributed by atoms with Crippen LogP contribution in [0.3, 0.4) is 0 Å². The molecule has 1 aromatic carbocycles. The summed E-state index contributed by atoms with van der Waals surface area (Å²) in [4.78, 5) is 0. The average molecular weight is 312 g/mol. The minimum Gasteiger partial charge on any atom is -0.491 e. The van der Waals surface area contributed by atoms with Crippen molar-refractivity contribution in [3.8, 4) is 18.1 Å². The zero-order chi connectivity index (χ0) is 13.4. The van der Waals surface area contributed by atoms with Crippen molar-refractivity contribution >= 4 is 15.9 Å². The molecule has 2 N–H and O–H groups in total. The highest BCUT2D eigenvalue weighted by atomic mass is 79.9. The molecule has 3 nitrogen and oxygen atoms in total. The van der Waals surface area contributed by atoms with Crippen LogP contribution in [0.25, 0.3) is 0 Å². The van der Waals surface area contributed by atoms with E-state index in [0.717, 1.165) is 16.6 Å². The number of benzene rings is 1. The summed E-state index contributed by atoms with van der Waals surface area (Å²) in [7, 11) is 0. The van der Waals surface area contributed by atoms with Crippen LogP contribution in [0.2, 0.25) is 0 Å². The SMILES string of the molecule is C#CC(CC)NCC(O)COc1ccc(Br)cc1. The van der Waals surface area contributed by atoms with Gasteiger partial charge in [0.2, 0.25) is 0 Å². The summed E-state index contributed by atoms with van der Waals surface area (Å²) >= 11 is 3.35. The normalized spacial score (nSPS) is 13.7. The minimum atomic E-state index is -0.573. The van der Waals surface area contributed by atoms with Gasteiger partial charge in [0.15, 0.2) is 0 Å². The van der Waals surface area contributed by atoms with Crippen molar-refractivity contribution in [2.75, 3.05) is 13.2 Å². The molecular formula is C14H18BrNO2. The van der Waals surface area contributed by atoms with E-state index < -0.39 is 6.10 Å². The molecule has 4 heteroatoms. The first kappa shape index (κ1) is 15.0. The first-order valence-corrected chi connectivity index (χ1v) is 6.71. The number of aliphatic hydroxyl groups is 1. The van der Waals surface area contributed by atoms with E-state index in [0.29, 0.717) is 6.54 Å². The molecule has 98 valence electrons. The number of hydrogen-bond acceptors (Lipinski definition) is 3. The van der Waals surface area contributed by atoms with Gasteiger partial charge in [0, 0.05) is 11.0 Å². The van der Waals surface area contributed by atoms with E-state index in [1.807, 2.05) is 31.2 Å². The third kappa shape index (κ3) is 5.54. The Kier molecular flexibility index (Phi) is 6.81. The zero-order valence-electron chi connectivity index (χ0n) is 10.4. The van der Waals surface area contributed by atoms with Gasteiger partial charge in [0.25, 0.3) is 0 Å². The lowest BCUT2D eigenvalue weighted by Gasteiger charge is -2.16. The molecular weight excluding hydrogens is 294 g/mol. The first-order chi connectivity index (χ1) is 8.65. The van der Waals surface area contributed by atoms with Gasteiger partial charge in [-0.1, -0.05) is 28.8 Å². The number of terminal acetylenes is 1. The molecule has 0 heterocycles. The van der Waals surface area contributed by atoms with Crippen molar-refractivity contribution in [3.63, 3.8) is 0 Å². The van der Waals surface area contributed by atoms with Crippen molar-refractivity contribution < 1.29 is 9.84 Å². The third-order valence-corrected chi connectivity index (χ3v) is 2.99. The van der Waals surface area contributed by atoms with E-state index in [1.165, 1.54) is 0 Å². The van der Waals surface area contributed by atoms with Crippen molar-refractivity contribution in [2.24, 2.45) is 0 Å². The average Bonchev–Trinajstić information content (AvgIpc) is 2.39. The van der Waals surface area contributed by atoms with Gasteiger partial charge < -0.3 is 15.2 Å². The highest BCUT2D eigenvalue weighted by molar-refractivity contribution is 9.10. The Morgan fingerprint density at radius 1 is 1.44 bits per heavy atom. The Morgan fingerprint density at radius 2 is 2.11 bits per heavy atom. The Labute approximate surface area is 117 Å². The fourth-order valence-corrected chi connectivity index (χ4v) is 1.65. The maximum absolute atomic E-state index is 9.74. The van der Waals surface area contributed by atoms with E-state index in [-0.39, 0.29) is 12.6 Å². The molecule has 0 fully saturated rings. The Bertz CT molecular complexity index is 386. The van der Waals surface area contributed by atoms with Gasteiger partial charge in [0.1, 0.15) is 18.5 Å². The second-order valence-electron chi connectivity index (χ2n) is 3.95. The number of ether oxygens (including phenoxy) is 1. The summed E-state index contributed by atoms with van der Waals surface area (Å²) in [5.74, 6) is 3.36. The molecule has 2 atom stereocenters. The molecule has 18 heavy (non-hydrogen) atoms. The van der Waals surface area contributed by atoms with Crippen LogP contribution in [0.1, 0.15) is 13.3 Å². The van der Waals surface area contributed by atoms with Gasteiger partial charge in [-0.2, -0.15) is 0 Å². The van der Waals surface area contributed by atoms with E-state index in [2.05, 4.69) is 27.2 Å². The van der Waals surface area contributed by atoms with Crippen molar-refractivity contribution in [3.05, 3.63) is 28.7 Å². The van der Waals surface area contributed by atoms with Crippen LogP contribution in [-0.4, -0.2) is 30.4 Å². The van der Waals surface area contributed by atoms with Crippen LogP contribution < -0.4 is 10.1 Å². The quantitative estimate of drug-likeness (QED) is 0.759. The van der Waals surface area contributed by atoms with Crippen LogP contribution >= 0.6 is 15.9 Å². The van der Waals surface area contributed by atoms with Gasteiger partial charge in [-0.25, -0.2) is 0 Å². The second-order valence-corrected chi connectivity index (χ2v) is 4.87. The number of rotatable bonds is 7. The van der Waals surface area contributed by atoms with Gasteiger partial charge in [-0.3, -0.25) is 0 Å². The van der Waals surface area contributed by atoms with Gasteiger partial charge in [-0.05, 0) is 30.7 Å². The highest BCUT2D eigenvalue weighted by Crippen LogP contribution is 2.16. The smallest absolute Gasteiger partial charge is 0.119 e. The Balaban J connectivity index is 2.27. The molecule has 2 unspecified atom stereocenters. The fourth-order valence-electron chi connectivity index (χ4n) is 1.38. The maximum Gasteiger partial charge on any atom is 0.119 e. The lowest BCUT2D eigenvalue weighted by atomic mass is 10.2. The molecule has 0 aliphatic heterocycles. The zero-order valence-corrected chi connectivity index (χ0v) is 12.0. The van der Waals surface area contributed by atoms with Crippen LogP contribution in [0.5, 0.6) is 5.75 Å². The molecule has 0 aliphatic rings. The molecule has 0 saturated carbocycles. The number of aliphatic hydroxyl groups excluding tert-OH is 1. The van der Waals surface area contributed by atoms with Crippen LogP contribution in [0.15, 0.2) is 28.7 Å². The molecule has 0 aromatic heterocycles. The van der Waals surface area contributed by atoms with E-state index in [4.69, 9.17) is 11.2 Å². The first-order valence-electron chi connectivity index (χ1n) is 5.91. The topological polar surface area (TPSA) is 41.5 Å². The summed E-state index contributed by atoms with van der Waals surface area (Å²) in [6.45, 7) is 2.68. The Morgan fingerprint density at radius 3 is 2.67 bits per heavy atom. The second kappa shape index (κ2) is 8.15. The number of nitrogens with one attached hydrogen (secondary N) is 1. The summed E-state index contributed by atoms with van der Waals surface area (Å²) in [5.41, 5.74) is 0. The van der Waals surface area contributed by atoms with Crippen molar-refractivity contribution in [1.82, 2.24) is 5.32 Å². The number of halogens is 1. The summed E-state index contributed by atoms with van der Waals surface area (Å²) < 4.78 is 6.46. The molecule has 0 bridgehead atoms. The highest BCUT2D eigenvalue weighted by Gasteiger charge is 2.08. The lowest BCUT2D eigenvalue weighted by Crippen LogP contribution is -2.37. The number of hydrogen-bond donors (Lipinski definition) is 2.